The molecule has 1 aliphatic heterocycles. The molecule has 1 atom stereocenters. The van der Waals surface area contributed by atoms with Crippen LogP contribution in [0.3, 0.4) is 0 Å². The number of nitrogens with one attached hydrogen (secondary N) is 2. The monoisotopic (exact) mass is 485 g/mol. The Bertz CT molecular complexity index is 793. The quantitative estimate of drug-likeness (QED) is 0.311. The van der Waals surface area contributed by atoms with Crippen molar-refractivity contribution in [3.05, 3.63) is 42.0 Å². The SMILES string of the molecule is CN=C(NCc1cccc(OCC(N)=O)c1)NC1CCc2ncnn2C1.I. The normalized spacial score (nSPS) is 16.0. The highest BCUT2D eigenvalue weighted by molar-refractivity contribution is 14.0. The topological polar surface area (TPSA) is 119 Å². The van der Waals surface area contributed by atoms with Gasteiger partial charge in [0.25, 0.3) is 5.91 Å². The fourth-order valence-corrected chi connectivity index (χ4v) is 2.83. The minimum absolute atomic E-state index is 0. The van der Waals surface area contributed by atoms with E-state index in [1.807, 2.05) is 22.9 Å². The van der Waals surface area contributed by atoms with Gasteiger partial charge >= 0.3 is 0 Å². The molecular weight excluding hydrogens is 461 g/mol. The van der Waals surface area contributed by atoms with Crippen molar-refractivity contribution in [2.24, 2.45) is 10.7 Å². The van der Waals surface area contributed by atoms with E-state index in [1.54, 1.807) is 19.4 Å². The summed E-state index contributed by atoms with van der Waals surface area (Å²) in [4.78, 5) is 19.3. The van der Waals surface area contributed by atoms with E-state index in [0.29, 0.717) is 12.3 Å². The molecule has 10 heteroatoms. The standard InChI is InChI=1S/C17H23N7O2.HI/c1-19-17(23-13-5-6-16-21-11-22-24(16)9-13)20-8-12-3-2-4-14(7-12)26-10-15(18)25;/h2-4,7,11,13H,5-6,8-10H2,1H3,(H2,18,25)(H2,19,20,23);1H. The second-order valence-electron chi connectivity index (χ2n) is 6.07. The first-order chi connectivity index (χ1) is 12.6. The molecule has 1 aromatic carbocycles. The summed E-state index contributed by atoms with van der Waals surface area (Å²) < 4.78 is 7.25. The molecule has 0 radical (unpaired) electrons. The summed E-state index contributed by atoms with van der Waals surface area (Å²) in [6.45, 7) is 1.22. The van der Waals surface area contributed by atoms with Crippen LogP contribution in [0.4, 0.5) is 0 Å². The summed E-state index contributed by atoms with van der Waals surface area (Å²) in [7, 11) is 1.74. The van der Waals surface area contributed by atoms with Crippen molar-refractivity contribution < 1.29 is 9.53 Å². The molecule has 4 N–H and O–H groups in total. The Hall–Kier alpha value is -2.37. The molecule has 1 aliphatic rings. The fourth-order valence-electron chi connectivity index (χ4n) is 2.83. The van der Waals surface area contributed by atoms with Crippen LogP contribution in [0.15, 0.2) is 35.6 Å². The van der Waals surface area contributed by atoms with Gasteiger partial charge in [0.05, 0.1) is 6.54 Å². The first kappa shape index (κ1) is 20.9. The predicted molar refractivity (Wildman–Crippen MR) is 112 cm³/mol. The van der Waals surface area contributed by atoms with Gasteiger partial charge in [-0.25, -0.2) is 9.67 Å². The van der Waals surface area contributed by atoms with E-state index < -0.39 is 5.91 Å². The summed E-state index contributed by atoms with van der Waals surface area (Å²) in [5, 5.41) is 10.9. The highest BCUT2D eigenvalue weighted by atomic mass is 127. The third-order valence-electron chi connectivity index (χ3n) is 4.11. The van der Waals surface area contributed by atoms with Crippen molar-refractivity contribution in [3.63, 3.8) is 0 Å². The minimum Gasteiger partial charge on any atom is -0.484 e. The zero-order chi connectivity index (χ0) is 18.4. The van der Waals surface area contributed by atoms with Crippen molar-refractivity contribution in [2.75, 3.05) is 13.7 Å². The van der Waals surface area contributed by atoms with E-state index in [9.17, 15) is 4.79 Å². The Balaban J connectivity index is 0.00000261. The van der Waals surface area contributed by atoms with Crippen LogP contribution in [-0.4, -0.2) is 46.3 Å². The van der Waals surface area contributed by atoms with Gasteiger partial charge < -0.3 is 21.1 Å². The molecule has 1 amide bonds. The van der Waals surface area contributed by atoms with Crippen molar-refractivity contribution in [2.45, 2.75) is 32.0 Å². The van der Waals surface area contributed by atoms with E-state index in [1.165, 1.54) is 0 Å². The maximum Gasteiger partial charge on any atom is 0.255 e. The fraction of sp³-hybridized carbons (Fsp3) is 0.412. The second-order valence-corrected chi connectivity index (χ2v) is 6.07. The Morgan fingerprint density at radius 3 is 3.11 bits per heavy atom. The third-order valence-corrected chi connectivity index (χ3v) is 4.11. The summed E-state index contributed by atoms with van der Waals surface area (Å²) in [5.74, 6) is 1.86. The first-order valence-electron chi connectivity index (χ1n) is 8.48. The van der Waals surface area contributed by atoms with Gasteiger partial charge in [0.1, 0.15) is 17.9 Å². The largest absolute Gasteiger partial charge is 0.484 e. The molecule has 2 aromatic rings. The number of rotatable bonds is 6. The zero-order valence-electron chi connectivity index (χ0n) is 15.1. The van der Waals surface area contributed by atoms with Gasteiger partial charge in [-0.1, -0.05) is 12.1 Å². The van der Waals surface area contributed by atoms with Gasteiger partial charge in [-0.05, 0) is 24.1 Å². The molecule has 0 saturated carbocycles. The summed E-state index contributed by atoms with van der Waals surface area (Å²) >= 11 is 0. The van der Waals surface area contributed by atoms with Crippen molar-refractivity contribution in [1.29, 1.82) is 0 Å². The van der Waals surface area contributed by atoms with Crippen LogP contribution in [0, 0.1) is 0 Å². The van der Waals surface area contributed by atoms with Crippen LogP contribution < -0.4 is 21.1 Å². The van der Waals surface area contributed by atoms with Crippen LogP contribution in [0.25, 0.3) is 0 Å². The molecule has 9 nitrogen and oxygen atoms in total. The lowest BCUT2D eigenvalue weighted by Crippen LogP contribution is -2.46. The molecule has 0 bridgehead atoms. The van der Waals surface area contributed by atoms with Gasteiger partial charge in [0, 0.05) is 26.1 Å². The number of ether oxygens (including phenoxy) is 1. The average Bonchev–Trinajstić information content (AvgIpc) is 3.11. The molecule has 146 valence electrons. The zero-order valence-corrected chi connectivity index (χ0v) is 17.4. The Morgan fingerprint density at radius 2 is 2.33 bits per heavy atom. The summed E-state index contributed by atoms with van der Waals surface area (Å²) in [6, 6.07) is 7.75. The number of guanidine groups is 1. The predicted octanol–water partition coefficient (Wildman–Crippen LogP) is 0.440. The summed E-state index contributed by atoms with van der Waals surface area (Å²) in [5.41, 5.74) is 6.11. The molecule has 0 aliphatic carbocycles. The molecule has 0 saturated heterocycles. The highest BCUT2D eigenvalue weighted by Gasteiger charge is 2.20. The number of hydrogen-bond donors (Lipinski definition) is 3. The van der Waals surface area contributed by atoms with Crippen LogP contribution in [-0.2, 0) is 24.3 Å². The van der Waals surface area contributed by atoms with E-state index >= 15 is 0 Å². The van der Waals surface area contributed by atoms with Crippen LogP contribution in [0.1, 0.15) is 17.8 Å². The molecule has 1 aromatic heterocycles. The van der Waals surface area contributed by atoms with Crippen LogP contribution >= 0.6 is 24.0 Å². The number of halogens is 1. The number of benzene rings is 1. The number of nitrogens with two attached hydrogens (primary N) is 1. The number of aliphatic imine (C=N–C) groups is 1. The molecule has 2 heterocycles. The first-order valence-corrected chi connectivity index (χ1v) is 8.48. The minimum atomic E-state index is -0.499. The lowest BCUT2D eigenvalue weighted by molar-refractivity contribution is -0.119. The van der Waals surface area contributed by atoms with E-state index in [-0.39, 0.29) is 36.6 Å². The smallest absolute Gasteiger partial charge is 0.255 e. The number of nitrogens with zero attached hydrogens (tertiary/aromatic N) is 4. The lowest BCUT2D eigenvalue weighted by atomic mass is 10.1. The van der Waals surface area contributed by atoms with Gasteiger partial charge in [-0.3, -0.25) is 9.79 Å². The maximum atomic E-state index is 10.8. The van der Waals surface area contributed by atoms with Crippen LogP contribution in [0.2, 0.25) is 0 Å². The molecule has 3 rings (SSSR count). The number of amides is 1. The molecule has 27 heavy (non-hydrogen) atoms. The Kier molecular flexibility index (Phi) is 7.82. The number of aromatic nitrogens is 3. The molecular formula is C17H24IN7O2. The highest BCUT2D eigenvalue weighted by Crippen LogP contribution is 2.13. The van der Waals surface area contributed by atoms with Gasteiger partial charge in [-0.15, -0.1) is 24.0 Å². The number of hydrogen-bond acceptors (Lipinski definition) is 5. The number of aryl methyl sites for hydroxylation is 1. The molecule has 0 fully saturated rings. The van der Waals surface area contributed by atoms with Crippen molar-refractivity contribution >= 4 is 35.8 Å². The van der Waals surface area contributed by atoms with Crippen molar-refractivity contribution in [1.82, 2.24) is 25.4 Å². The maximum absolute atomic E-state index is 10.8. The van der Waals surface area contributed by atoms with E-state index in [4.69, 9.17) is 10.5 Å². The average molecular weight is 485 g/mol. The van der Waals surface area contributed by atoms with E-state index in [2.05, 4.69) is 25.7 Å². The van der Waals surface area contributed by atoms with Gasteiger partial charge in [-0.2, -0.15) is 5.10 Å². The Morgan fingerprint density at radius 1 is 1.48 bits per heavy atom. The van der Waals surface area contributed by atoms with Crippen LogP contribution in [0.5, 0.6) is 5.75 Å². The van der Waals surface area contributed by atoms with Crippen molar-refractivity contribution in [3.8, 4) is 5.75 Å². The molecule has 0 spiro atoms. The second kappa shape index (κ2) is 10.1. The third kappa shape index (κ3) is 6.08. The summed E-state index contributed by atoms with van der Waals surface area (Å²) in [6.07, 6.45) is 3.47. The number of fused-ring (bicyclic) bond motifs is 1. The van der Waals surface area contributed by atoms with E-state index in [0.717, 1.165) is 36.7 Å². The molecule has 1 unspecified atom stereocenters. The number of carbonyl (C=O) groups is 1. The number of primary amides is 1. The Labute approximate surface area is 174 Å². The lowest BCUT2D eigenvalue weighted by Gasteiger charge is -2.25. The number of carbonyl (C=O) groups excluding carboxylic acids is 1. The van der Waals surface area contributed by atoms with Gasteiger partial charge in [0.15, 0.2) is 12.6 Å². The van der Waals surface area contributed by atoms with Gasteiger partial charge in [0.2, 0.25) is 0 Å².